The fraction of sp³-hybridized carbons (Fsp3) is 0.688. The zero-order chi connectivity index (χ0) is 16.7. The molecule has 128 valence electrons. The van der Waals surface area contributed by atoms with Crippen molar-refractivity contribution in [3.05, 3.63) is 18.0 Å². The summed E-state index contributed by atoms with van der Waals surface area (Å²) < 4.78 is 0. The number of carbonyl (C=O) groups is 2. The largest absolute Gasteiger partial charge is 0.356 e. The fourth-order valence-electron chi connectivity index (χ4n) is 2.77. The van der Waals surface area contributed by atoms with Crippen molar-refractivity contribution in [1.29, 1.82) is 0 Å². The highest BCUT2D eigenvalue weighted by atomic mass is 16.2. The number of hydrogen-bond acceptors (Lipinski definition) is 3. The van der Waals surface area contributed by atoms with Crippen molar-refractivity contribution < 1.29 is 9.59 Å². The molecule has 2 heterocycles. The average Bonchev–Trinajstić information content (AvgIpc) is 3.08. The monoisotopic (exact) mass is 321 g/mol. The molecule has 2 rings (SSSR count). The Bertz CT molecular complexity index is 501. The molecule has 1 aliphatic heterocycles. The highest BCUT2D eigenvalue weighted by molar-refractivity contribution is 5.77. The van der Waals surface area contributed by atoms with Crippen molar-refractivity contribution in [2.24, 2.45) is 5.92 Å². The quantitative estimate of drug-likeness (QED) is 0.698. The Hall–Kier alpha value is -2.05. The Labute approximate surface area is 137 Å². The van der Waals surface area contributed by atoms with E-state index in [2.05, 4.69) is 20.8 Å². The van der Waals surface area contributed by atoms with E-state index in [-0.39, 0.29) is 23.9 Å². The summed E-state index contributed by atoms with van der Waals surface area (Å²) in [4.78, 5) is 25.7. The first-order valence-corrected chi connectivity index (χ1v) is 8.40. The number of nitrogens with zero attached hydrogens (tertiary/aromatic N) is 2. The van der Waals surface area contributed by atoms with E-state index in [4.69, 9.17) is 0 Å². The van der Waals surface area contributed by atoms with Crippen LogP contribution in [0.4, 0.5) is 4.79 Å². The van der Waals surface area contributed by atoms with Gasteiger partial charge in [-0.15, -0.1) is 0 Å². The summed E-state index contributed by atoms with van der Waals surface area (Å²) in [6.45, 7) is 5.65. The average molecular weight is 321 g/mol. The molecule has 0 radical (unpaired) electrons. The van der Waals surface area contributed by atoms with Crippen LogP contribution < -0.4 is 10.6 Å². The molecule has 1 aliphatic rings. The van der Waals surface area contributed by atoms with Crippen LogP contribution in [0.25, 0.3) is 0 Å². The Balaban J connectivity index is 1.74. The molecule has 0 unspecified atom stereocenters. The fourth-order valence-corrected chi connectivity index (χ4v) is 2.77. The number of rotatable bonds is 6. The maximum Gasteiger partial charge on any atom is 0.317 e. The first kappa shape index (κ1) is 17.3. The Kier molecular flexibility index (Phi) is 6.43. The van der Waals surface area contributed by atoms with E-state index in [9.17, 15) is 9.59 Å². The molecule has 23 heavy (non-hydrogen) atoms. The Morgan fingerprint density at radius 3 is 2.83 bits per heavy atom. The highest BCUT2D eigenvalue weighted by Crippen LogP contribution is 2.30. The molecule has 1 aromatic rings. The lowest BCUT2D eigenvalue weighted by atomic mass is 9.98. The van der Waals surface area contributed by atoms with Gasteiger partial charge in [-0.3, -0.25) is 9.89 Å². The standard InChI is InChI=1S/C16H27N5O2/c1-12(2)15(22)17-7-5-8-18-16(23)21-9-4-3-6-14(21)13-10-19-20-11-13/h10-12,14H,3-9H2,1-2H3,(H,17,22)(H,18,23)(H,19,20)/t14-/m1/s1. The number of urea groups is 1. The minimum Gasteiger partial charge on any atom is -0.356 e. The predicted molar refractivity (Wildman–Crippen MR) is 87.7 cm³/mol. The molecule has 0 saturated carbocycles. The topological polar surface area (TPSA) is 90.1 Å². The Morgan fingerprint density at radius 2 is 2.13 bits per heavy atom. The summed E-state index contributed by atoms with van der Waals surface area (Å²) >= 11 is 0. The second-order valence-electron chi connectivity index (χ2n) is 6.27. The van der Waals surface area contributed by atoms with Crippen LogP contribution in [0.2, 0.25) is 0 Å². The van der Waals surface area contributed by atoms with Crippen LogP contribution in [0.5, 0.6) is 0 Å². The first-order valence-electron chi connectivity index (χ1n) is 8.40. The summed E-state index contributed by atoms with van der Waals surface area (Å²) in [5.74, 6) is 0.0426. The van der Waals surface area contributed by atoms with Crippen LogP contribution in [-0.2, 0) is 4.79 Å². The third-order valence-corrected chi connectivity index (χ3v) is 4.12. The number of piperidine rings is 1. The smallest absolute Gasteiger partial charge is 0.317 e. The van der Waals surface area contributed by atoms with Gasteiger partial charge >= 0.3 is 6.03 Å². The van der Waals surface area contributed by atoms with Crippen LogP contribution in [-0.4, -0.2) is 46.7 Å². The number of nitrogens with one attached hydrogen (secondary N) is 3. The molecule has 1 fully saturated rings. The molecule has 0 aliphatic carbocycles. The number of aromatic nitrogens is 2. The van der Waals surface area contributed by atoms with Gasteiger partial charge in [0.15, 0.2) is 0 Å². The lowest BCUT2D eigenvalue weighted by molar-refractivity contribution is -0.123. The van der Waals surface area contributed by atoms with Crippen LogP contribution in [0.1, 0.15) is 51.1 Å². The number of H-pyrrole nitrogens is 1. The van der Waals surface area contributed by atoms with Gasteiger partial charge in [0, 0.05) is 37.3 Å². The van der Waals surface area contributed by atoms with Gasteiger partial charge < -0.3 is 15.5 Å². The van der Waals surface area contributed by atoms with Crippen molar-refractivity contribution >= 4 is 11.9 Å². The molecule has 1 atom stereocenters. The minimum atomic E-state index is -0.0360. The SMILES string of the molecule is CC(C)C(=O)NCCCNC(=O)N1CCCC[C@@H]1c1cn[nH]c1. The second-order valence-corrected chi connectivity index (χ2v) is 6.27. The zero-order valence-electron chi connectivity index (χ0n) is 14.0. The zero-order valence-corrected chi connectivity index (χ0v) is 14.0. The molecule has 0 aromatic carbocycles. The van der Waals surface area contributed by atoms with Crippen molar-refractivity contribution in [3.8, 4) is 0 Å². The number of carbonyl (C=O) groups excluding carboxylic acids is 2. The van der Waals surface area contributed by atoms with Crippen LogP contribution in [0, 0.1) is 5.92 Å². The molecule has 3 amide bonds. The van der Waals surface area contributed by atoms with E-state index in [0.717, 1.165) is 37.8 Å². The number of hydrogen-bond donors (Lipinski definition) is 3. The molecule has 0 spiro atoms. The van der Waals surface area contributed by atoms with Gasteiger partial charge in [0.05, 0.1) is 12.2 Å². The molecule has 1 saturated heterocycles. The minimum absolute atomic E-state index is 0.00587. The molecule has 0 bridgehead atoms. The van der Waals surface area contributed by atoms with Gasteiger partial charge in [0.2, 0.25) is 5.91 Å². The first-order chi connectivity index (χ1) is 11.1. The van der Waals surface area contributed by atoms with Gasteiger partial charge in [-0.05, 0) is 25.7 Å². The number of aromatic amines is 1. The molecule has 1 aromatic heterocycles. The van der Waals surface area contributed by atoms with E-state index >= 15 is 0 Å². The van der Waals surface area contributed by atoms with Gasteiger partial charge in [-0.1, -0.05) is 13.8 Å². The summed E-state index contributed by atoms with van der Waals surface area (Å²) in [5.41, 5.74) is 1.06. The third-order valence-electron chi connectivity index (χ3n) is 4.12. The summed E-state index contributed by atoms with van der Waals surface area (Å²) in [6.07, 6.45) is 7.51. The van der Waals surface area contributed by atoms with E-state index in [1.54, 1.807) is 6.20 Å². The molecule has 7 nitrogen and oxygen atoms in total. The van der Waals surface area contributed by atoms with Gasteiger partial charge in [0.25, 0.3) is 0 Å². The van der Waals surface area contributed by atoms with Crippen molar-refractivity contribution in [2.75, 3.05) is 19.6 Å². The van der Waals surface area contributed by atoms with Crippen molar-refractivity contribution in [1.82, 2.24) is 25.7 Å². The molecule has 7 heteroatoms. The van der Waals surface area contributed by atoms with E-state index in [1.165, 1.54) is 0 Å². The summed E-state index contributed by atoms with van der Waals surface area (Å²) in [7, 11) is 0. The van der Waals surface area contributed by atoms with Gasteiger partial charge in [0.1, 0.15) is 0 Å². The molecule has 3 N–H and O–H groups in total. The summed E-state index contributed by atoms with van der Waals surface area (Å²) in [6, 6.07) is 0.0641. The van der Waals surface area contributed by atoms with E-state index in [0.29, 0.717) is 13.1 Å². The maximum absolute atomic E-state index is 12.4. The lowest BCUT2D eigenvalue weighted by Crippen LogP contribution is -2.45. The normalized spacial score (nSPS) is 18.0. The van der Waals surface area contributed by atoms with E-state index in [1.807, 2.05) is 24.9 Å². The number of likely N-dealkylation sites (tertiary alicyclic amines) is 1. The van der Waals surface area contributed by atoms with Crippen molar-refractivity contribution in [2.45, 2.75) is 45.6 Å². The second kappa shape index (κ2) is 8.55. The summed E-state index contributed by atoms with van der Waals surface area (Å²) in [5, 5.41) is 12.6. The highest BCUT2D eigenvalue weighted by Gasteiger charge is 2.28. The van der Waals surface area contributed by atoms with Crippen LogP contribution in [0.3, 0.4) is 0 Å². The number of amides is 3. The maximum atomic E-state index is 12.4. The van der Waals surface area contributed by atoms with Gasteiger partial charge in [-0.25, -0.2) is 4.79 Å². The predicted octanol–water partition coefficient (Wildman–Crippen LogP) is 1.81. The lowest BCUT2D eigenvalue weighted by Gasteiger charge is -2.35. The molecular formula is C16H27N5O2. The van der Waals surface area contributed by atoms with E-state index < -0.39 is 0 Å². The van der Waals surface area contributed by atoms with Crippen molar-refractivity contribution in [3.63, 3.8) is 0 Å². The molecular weight excluding hydrogens is 294 g/mol. The third kappa shape index (κ3) is 4.97. The Morgan fingerprint density at radius 1 is 1.35 bits per heavy atom. The van der Waals surface area contributed by atoms with Crippen LogP contribution >= 0.6 is 0 Å². The van der Waals surface area contributed by atoms with Gasteiger partial charge in [-0.2, -0.15) is 5.10 Å². The van der Waals surface area contributed by atoms with Crippen LogP contribution in [0.15, 0.2) is 12.4 Å².